The molecule has 0 saturated heterocycles. The van der Waals surface area contributed by atoms with Crippen molar-refractivity contribution in [2.45, 2.75) is 64.7 Å². The van der Waals surface area contributed by atoms with E-state index in [0.29, 0.717) is 11.4 Å². The largest absolute Gasteiger partial charge is 0.453 e. The van der Waals surface area contributed by atoms with E-state index in [1.807, 2.05) is 53.7 Å². The fourth-order valence-corrected chi connectivity index (χ4v) is 4.55. The minimum Gasteiger partial charge on any atom is -0.257 e. The van der Waals surface area contributed by atoms with Crippen LogP contribution in [-0.4, -0.2) is 53.7 Å². The van der Waals surface area contributed by atoms with Crippen LogP contribution in [0.1, 0.15) is 64.3 Å². The molecule has 4 aromatic heterocycles. The van der Waals surface area contributed by atoms with Gasteiger partial charge >= 0.3 is 12.4 Å². The number of hydrogen-bond donors (Lipinski definition) is 2. The van der Waals surface area contributed by atoms with Crippen LogP contribution in [0.15, 0.2) is 67.0 Å². The molecule has 0 radical (unpaired) electrons. The van der Waals surface area contributed by atoms with Gasteiger partial charge in [0.25, 0.3) is 11.6 Å². The Balaban J connectivity index is 0.000000204. The van der Waals surface area contributed by atoms with E-state index >= 15 is 0 Å². The zero-order valence-electron chi connectivity index (χ0n) is 27.2. The summed E-state index contributed by atoms with van der Waals surface area (Å²) in [5.41, 5.74) is 2.37. The fourth-order valence-electron chi connectivity index (χ4n) is 3.79. The van der Waals surface area contributed by atoms with Gasteiger partial charge in [0.05, 0.1) is 0 Å². The number of halogens is 6. The lowest BCUT2D eigenvalue weighted by molar-refractivity contribution is -0.145. The molecule has 1 aromatic carbocycles. The average Bonchev–Trinajstić information content (AvgIpc) is 3.69. The van der Waals surface area contributed by atoms with Gasteiger partial charge in [-0.2, -0.15) is 26.3 Å². The molecule has 0 amide bonds. The molecule has 8 nitrogen and oxygen atoms in total. The normalized spacial score (nSPS) is 12.2. The van der Waals surface area contributed by atoms with Crippen molar-refractivity contribution >= 4 is 13.2 Å². The first-order valence-corrected chi connectivity index (χ1v) is 16.5. The van der Waals surface area contributed by atoms with Gasteiger partial charge in [0.15, 0.2) is 11.6 Å². The van der Waals surface area contributed by atoms with Crippen molar-refractivity contribution in [3.8, 4) is 23.0 Å². The molecular formula is C32H37F6N8P. The van der Waals surface area contributed by atoms with Crippen molar-refractivity contribution in [1.82, 2.24) is 40.3 Å². The number of nitrogens with one attached hydrogen (secondary N) is 2. The zero-order chi connectivity index (χ0) is 35.2. The maximum atomic E-state index is 12.4. The Labute approximate surface area is 270 Å². The maximum absolute atomic E-state index is 12.4. The average molecular weight is 679 g/mol. The van der Waals surface area contributed by atoms with Gasteiger partial charge < -0.3 is 0 Å². The van der Waals surface area contributed by atoms with Crippen LogP contribution in [0.2, 0.25) is 0 Å². The number of aromatic nitrogens is 8. The number of benzene rings is 1. The summed E-state index contributed by atoms with van der Waals surface area (Å²) >= 11 is 0. The van der Waals surface area contributed by atoms with E-state index in [0.717, 1.165) is 11.1 Å². The molecule has 0 bridgehead atoms. The van der Waals surface area contributed by atoms with Crippen molar-refractivity contribution in [2.24, 2.45) is 0 Å². The molecule has 252 valence electrons. The predicted molar refractivity (Wildman–Crippen MR) is 171 cm³/mol. The minimum atomic E-state index is -4.56. The lowest BCUT2D eigenvalue weighted by Crippen LogP contribution is -2.11. The van der Waals surface area contributed by atoms with Crippen LogP contribution in [0.25, 0.3) is 23.0 Å². The highest BCUT2D eigenvalue weighted by molar-refractivity contribution is 7.64. The maximum Gasteiger partial charge on any atom is 0.453 e. The van der Waals surface area contributed by atoms with Gasteiger partial charge in [-0.25, -0.2) is 9.97 Å². The van der Waals surface area contributed by atoms with E-state index in [1.165, 1.54) is 5.30 Å². The van der Waals surface area contributed by atoms with Crippen LogP contribution in [0.5, 0.6) is 0 Å². The molecule has 0 spiro atoms. The molecule has 5 rings (SSSR count). The van der Waals surface area contributed by atoms with E-state index in [4.69, 9.17) is 0 Å². The molecule has 0 unspecified atom stereocenters. The zero-order valence-corrected chi connectivity index (χ0v) is 28.1. The summed E-state index contributed by atoms with van der Waals surface area (Å²) < 4.78 is 74.5. The van der Waals surface area contributed by atoms with E-state index in [2.05, 4.69) is 84.0 Å². The van der Waals surface area contributed by atoms with Crippen molar-refractivity contribution in [3.63, 3.8) is 0 Å². The Morgan fingerprint density at radius 3 is 1.23 bits per heavy atom. The third-order valence-electron chi connectivity index (χ3n) is 6.49. The molecule has 0 aliphatic heterocycles. The third kappa shape index (κ3) is 10.9. The topological polar surface area (TPSA) is 109 Å². The molecule has 47 heavy (non-hydrogen) atoms. The van der Waals surface area contributed by atoms with Crippen molar-refractivity contribution in [1.29, 1.82) is 0 Å². The summed E-state index contributed by atoms with van der Waals surface area (Å²) in [7, 11) is 0.104. The van der Waals surface area contributed by atoms with Gasteiger partial charge in [0.1, 0.15) is 11.4 Å². The predicted octanol–water partition coefficient (Wildman–Crippen LogP) is 8.42. The molecule has 0 atom stereocenters. The Kier molecular flexibility index (Phi) is 11.7. The molecule has 5 aromatic rings. The van der Waals surface area contributed by atoms with E-state index in [9.17, 15) is 26.3 Å². The lowest BCUT2D eigenvalue weighted by Gasteiger charge is -2.18. The van der Waals surface area contributed by atoms with Gasteiger partial charge in [-0.1, -0.05) is 79.8 Å². The monoisotopic (exact) mass is 678 g/mol. The van der Waals surface area contributed by atoms with Gasteiger partial charge in [-0.15, -0.1) is 10.2 Å². The van der Waals surface area contributed by atoms with Crippen molar-refractivity contribution in [3.05, 3.63) is 89.8 Å². The highest BCUT2D eigenvalue weighted by Crippen LogP contribution is 2.30. The Hall–Kier alpha value is -4.19. The number of alkyl halides is 6. The standard InChI is InChI=1S/2C12H13F3N4.C8H11P/c2*1-11(2,3)7-4-5-16-8(6-7)9-17-10(19-18-9)12(13,14)15;1-9(2)8-6-4-3-5-7-8/h2*4-6H,1-3H3,(H,17,18,19);3-7H,1-2H3. The van der Waals surface area contributed by atoms with Crippen LogP contribution in [0.4, 0.5) is 26.3 Å². The number of H-pyrrole nitrogens is 2. The quantitative estimate of drug-likeness (QED) is 0.147. The second kappa shape index (κ2) is 14.7. The lowest BCUT2D eigenvalue weighted by atomic mass is 9.87. The van der Waals surface area contributed by atoms with E-state index in [-0.39, 0.29) is 30.4 Å². The van der Waals surface area contributed by atoms with Crippen LogP contribution in [0, 0.1) is 0 Å². The molecule has 0 fully saturated rings. The summed E-state index contributed by atoms with van der Waals surface area (Å²) in [5.74, 6) is -2.35. The summed E-state index contributed by atoms with van der Waals surface area (Å²) in [6, 6.07) is 17.7. The second-order valence-electron chi connectivity index (χ2n) is 12.6. The molecule has 0 aliphatic rings. The first-order chi connectivity index (χ1) is 21.7. The number of rotatable bonds is 3. The summed E-state index contributed by atoms with van der Waals surface area (Å²) in [5, 5.41) is 12.3. The Morgan fingerprint density at radius 1 is 0.574 bits per heavy atom. The summed E-state index contributed by atoms with van der Waals surface area (Å²) in [6.07, 6.45) is -6.02. The Bertz CT molecular complexity index is 1610. The highest BCUT2D eigenvalue weighted by Gasteiger charge is 2.37. The number of hydrogen-bond acceptors (Lipinski definition) is 6. The number of nitrogens with zero attached hydrogens (tertiary/aromatic N) is 6. The van der Waals surface area contributed by atoms with Crippen LogP contribution >= 0.6 is 7.92 Å². The first-order valence-electron chi connectivity index (χ1n) is 14.3. The molecule has 0 aliphatic carbocycles. The SMILES string of the molecule is CC(C)(C)c1ccnc(-c2nc(C(F)(F)F)n[nH]2)c1.CC(C)(C)c1ccnc(-c2nc(C(F)(F)F)n[nH]2)c1.CP(C)c1ccccc1. The van der Waals surface area contributed by atoms with E-state index < -0.39 is 24.0 Å². The molecule has 4 heterocycles. The molecular weight excluding hydrogens is 641 g/mol. The van der Waals surface area contributed by atoms with Gasteiger partial charge in [0, 0.05) is 12.4 Å². The molecule has 2 N–H and O–H groups in total. The van der Waals surface area contributed by atoms with Crippen molar-refractivity contribution in [2.75, 3.05) is 13.3 Å². The summed E-state index contributed by atoms with van der Waals surface area (Å²) in [4.78, 5) is 14.9. The van der Waals surface area contributed by atoms with Gasteiger partial charge in [0.2, 0.25) is 0 Å². The smallest absolute Gasteiger partial charge is 0.257 e. The summed E-state index contributed by atoms with van der Waals surface area (Å²) in [6.45, 7) is 16.6. The van der Waals surface area contributed by atoms with Crippen LogP contribution in [-0.2, 0) is 23.2 Å². The number of aromatic amines is 2. The van der Waals surface area contributed by atoms with E-state index in [1.54, 1.807) is 24.5 Å². The van der Waals surface area contributed by atoms with Gasteiger partial charge in [-0.05, 0) is 64.9 Å². The first kappa shape index (κ1) is 37.3. The number of pyridine rings is 2. The Morgan fingerprint density at radius 2 is 0.957 bits per heavy atom. The second-order valence-corrected chi connectivity index (χ2v) is 14.9. The highest BCUT2D eigenvalue weighted by atomic mass is 31.1. The van der Waals surface area contributed by atoms with Crippen LogP contribution < -0.4 is 5.30 Å². The van der Waals surface area contributed by atoms with Crippen molar-refractivity contribution < 1.29 is 26.3 Å². The molecule has 15 heteroatoms. The third-order valence-corrected chi connectivity index (χ3v) is 7.82. The van der Waals surface area contributed by atoms with Gasteiger partial charge in [-0.3, -0.25) is 20.2 Å². The molecule has 0 saturated carbocycles. The fraction of sp³-hybridized carbons (Fsp3) is 0.375. The minimum absolute atomic E-state index is 0.0124. The van der Waals surface area contributed by atoms with Crippen LogP contribution in [0.3, 0.4) is 0 Å².